The van der Waals surface area contributed by atoms with Crippen molar-refractivity contribution in [1.82, 2.24) is 4.98 Å². The highest BCUT2D eigenvalue weighted by atomic mass is 32.2. The average molecular weight is 283 g/mol. The molecule has 4 nitrogen and oxygen atoms in total. The summed E-state index contributed by atoms with van der Waals surface area (Å²) in [4.78, 5) is 4.42. The molecule has 0 amide bonds. The zero-order valence-electron chi connectivity index (χ0n) is 12.5. The molecule has 0 saturated carbocycles. The van der Waals surface area contributed by atoms with Crippen molar-refractivity contribution >= 4 is 23.3 Å². The second kappa shape index (κ2) is 6.89. The van der Waals surface area contributed by atoms with Crippen molar-refractivity contribution in [3.05, 3.63) is 12.1 Å². The number of aromatic nitrogens is 1. The van der Waals surface area contributed by atoms with Crippen molar-refractivity contribution in [2.24, 2.45) is 5.92 Å². The van der Waals surface area contributed by atoms with Crippen molar-refractivity contribution in [3.8, 4) is 5.88 Å². The summed E-state index contributed by atoms with van der Waals surface area (Å²) >= 11 is 1.85. The van der Waals surface area contributed by atoms with Crippen LogP contribution in [-0.4, -0.2) is 29.1 Å². The lowest BCUT2D eigenvalue weighted by molar-refractivity contribution is 0.125. The zero-order valence-corrected chi connectivity index (χ0v) is 13.3. The predicted octanol–water partition coefficient (Wildman–Crippen LogP) is 3.25. The molecule has 0 spiro atoms. The van der Waals surface area contributed by atoms with E-state index < -0.39 is 0 Å². The van der Waals surface area contributed by atoms with Gasteiger partial charge in [-0.25, -0.2) is 0 Å². The molecule has 0 aliphatic rings. The summed E-state index contributed by atoms with van der Waals surface area (Å²) < 4.78 is 5.75. The van der Waals surface area contributed by atoms with Crippen molar-refractivity contribution < 1.29 is 4.74 Å². The molecule has 5 heteroatoms. The summed E-state index contributed by atoms with van der Waals surface area (Å²) in [5.74, 6) is 3.03. The summed E-state index contributed by atoms with van der Waals surface area (Å²) in [7, 11) is 0. The first kappa shape index (κ1) is 16.0. The van der Waals surface area contributed by atoms with Gasteiger partial charge in [0, 0.05) is 6.54 Å². The van der Waals surface area contributed by atoms with Crippen LogP contribution in [0.4, 0.5) is 11.5 Å². The van der Waals surface area contributed by atoms with Crippen molar-refractivity contribution in [3.63, 3.8) is 0 Å². The van der Waals surface area contributed by atoms with E-state index in [1.165, 1.54) is 0 Å². The Hall–Kier alpha value is -1.10. The number of hydrogen-bond donors (Lipinski definition) is 2. The zero-order chi connectivity index (χ0) is 14.5. The molecule has 108 valence electrons. The molecule has 0 saturated heterocycles. The van der Waals surface area contributed by atoms with Gasteiger partial charge in [0.1, 0.15) is 11.4 Å². The second-order valence-electron chi connectivity index (χ2n) is 5.75. The molecule has 0 bridgehead atoms. The molecule has 0 aliphatic heterocycles. The Kier molecular flexibility index (Phi) is 5.79. The fourth-order valence-electron chi connectivity index (χ4n) is 1.54. The van der Waals surface area contributed by atoms with E-state index in [0.717, 1.165) is 18.1 Å². The maximum atomic E-state index is 5.88. The molecule has 0 fully saturated rings. The minimum atomic E-state index is -0.300. The van der Waals surface area contributed by atoms with E-state index in [-0.39, 0.29) is 5.60 Å². The maximum absolute atomic E-state index is 5.88. The number of nitrogen functional groups attached to an aromatic ring is 1. The Morgan fingerprint density at radius 1 is 1.42 bits per heavy atom. The van der Waals surface area contributed by atoms with E-state index in [9.17, 15) is 0 Å². The topological polar surface area (TPSA) is 60.2 Å². The van der Waals surface area contributed by atoms with Crippen LogP contribution in [0.25, 0.3) is 0 Å². The predicted molar refractivity (Wildman–Crippen MR) is 85.1 cm³/mol. The van der Waals surface area contributed by atoms with Crippen molar-refractivity contribution in [2.75, 3.05) is 29.6 Å². The molecule has 1 unspecified atom stereocenters. The molecule has 1 aromatic heterocycles. The first-order valence-electron chi connectivity index (χ1n) is 6.50. The molecule has 0 aromatic carbocycles. The molecule has 1 aromatic rings. The van der Waals surface area contributed by atoms with Crippen LogP contribution < -0.4 is 15.8 Å². The lowest BCUT2D eigenvalue weighted by atomic mass is 10.2. The third-order valence-corrected chi connectivity index (χ3v) is 3.28. The van der Waals surface area contributed by atoms with Gasteiger partial charge >= 0.3 is 0 Å². The number of pyridine rings is 1. The van der Waals surface area contributed by atoms with E-state index in [1.807, 2.05) is 44.7 Å². The van der Waals surface area contributed by atoms with Crippen LogP contribution in [0.5, 0.6) is 5.88 Å². The smallest absolute Gasteiger partial charge is 0.239 e. The summed E-state index contributed by atoms with van der Waals surface area (Å²) in [5, 5.41) is 3.32. The van der Waals surface area contributed by atoms with Gasteiger partial charge in [-0.05, 0) is 50.8 Å². The van der Waals surface area contributed by atoms with Crippen LogP contribution in [0, 0.1) is 5.92 Å². The van der Waals surface area contributed by atoms with E-state index in [4.69, 9.17) is 10.5 Å². The van der Waals surface area contributed by atoms with Crippen LogP contribution in [-0.2, 0) is 0 Å². The highest BCUT2D eigenvalue weighted by Gasteiger charge is 2.15. The van der Waals surface area contributed by atoms with Gasteiger partial charge in [0.15, 0.2) is 0 Å². The molecular weight excluding hydrogens is 258 g/mol. The Balaban J connectivity index is 2.68. The standard InChI is InChI=1S/C14H25N3OS/c1-10(9-19-5)8-16-12-7-6-11(15)13(17-12)18-14(2,3)4/h6-7,10H,8-9,15H2,1-5H3,(H,16,17). The lowest BCUT2D eigenvalue weighted by Gasteiger charge is -2.22. The van der Waals surface area contributed by atoms with Crippen molar-refractivity contribution in [1.29, 1.82) is 0 Å². The molecule has 19 heavy (non-hydrogen) atoms. The number of rotatable bonds is 6. The Morgan fingerprint density at radius 2 is 2.11 bits per heavy atom. The van der Waals surface area contributed by atoms with E-state index >= 15 is 0 Å². The molecule has 0 aliphatic carbocycles. The number of nitrogens with zero attached hydrogens (tertiary/aromatic N) is 1. The van der Waals surface area contributed by atoms with Crippen molar-refractivity contribution in [2.45, 2.75) is 33.3 Å². The normalized spacial score (nSPS) is 13.1. The molecule has 3 N–H and O–H groups in total. The first-order chi connectivity index (χ1) is 8.81. The summed E-state index contributed by atoms with van der Waals surface area (Å²) in [6.45, 7) is 9.05. The third kappa shape index (κ3) is 6.05. The van der Waals surface area contributed by atoms with E-state index in [2.05, 4.69) is 23.5 Å². The van der Waals surface area contributed by atoms with Crippen LogP contribution >= 0.6 is 11.8 Å². The molecule has 1 heterocycles. The number of thioether (sulfide) groups is 1. The first-order valence-corrected chi connectivity index (χ1v) is 7.89. The van der Waals surface area contributed by atoms with Gasteiger partial charge in [-0.3, -0.25) is 0 Å². The Labute approximate surface area is 120 Å². The highest BCUT2D eigenvalue weighted by molar-refractivity contribution is 7.98. The summed E-state index contributed by atoms with van der Waals surface area (Å²) in [5.41, 5.74) is 6.15. The minimum Gasteiger partial charge on any atom is -0.470 e. The van der Waals surface area contributed by atoms with Crippen LogP contribution in [0.15, 0.2) is 12.1 Å². The van der Waals surface area contributed by atoms with Crippen LogP contribution in [0.1, 0.15) is 27.7 Å². The minimum absolute atomic E-state index is 0.300. The number of nitrogens with two attached hydrogens (primary N) is 1. The van der Waals surface area contributed by atoms with Gasteiger partial charge in [-0.1, -0.05) is 6.92 Å². The monoisotopic (exact) mass is 283 g/mol. The summed E-state index contributed by atoms with van der Waals surface area (Å²) in [6.07, 6.45) is 2.12. The number of nitrogens with one attached hydrogen (secondary N) is 1. The number of ether oxygens (including phenoxy) is 1. The highest BCUT2D eigenvalue weighted by Crippen LogP contribution is 2.25. The Morgan fingerprint density at radius 3 is 2.68 bits per heavy atom. The maximum Gasteiger partial charge on any atom is 0.239 e. The van der Waals surface area contributed by atoms with E-state index in [0.29, 0.717) is 17.5 Å². The van der Waals surface area contributed by atoms with Gasteiger partial charge in [0.25, 0.3) is 0 Å². The largest absolute Gasteiger partial charge is 0.470 e. The Bertz CT molecular complexity index is 404. The van der Waals surface area contributed by atoms with Crippen LogP contribution in [0.2, 0.25) is 0 Å². The quantitative estimate of drug-likeness (QED) is 0.839. The van der Waals surface area contributed by atoms with Gasteiger partial charge in [0.2, 0.25) is 5.88 Å². The van der Waals surface area contributed by atoms with Gasteiger partial charge in [0.05, 0.1) is 5.69 Å². The molecule has 1 rings (SSSR count). The van der Waals surface area contributed by atoms with E-state index in [1.54, 1.807) is 0 Å². The van der Waals surface area contributed by atoms with Gasteiger partial charge in [-0.2, -0.15) is 16.7 Å². The lowest BCUT2D eigenvalue weighted by Crippen LogP contribution is -2.24. The third-order valence-electron chi connectivity index (χ3n) is 2.38. The number of hydrogen-bond acceptors (Lipinski definition) is 5. The molecule has 1 atom stereocenters. The summed E-state index contributed by atoms with van der Waals surface area (Å²) in [6, 6.07) is 3.71. The average Bonchev–Trinajstić information content (AvgIpc) is 2.29. The number of anilines is 2. The SMILES string of the molecule is CSCC(C)CNc1ccc(N)c(OC(C)(C)C)n1. The van der Waals surface area contributed by atoms with Gasteiger partial charge in [-0.15, -0.1) is 0 Å². The molecule has 0 radical (unpaired) electrons. The fourth-order valence-corrected chi connectivity index (χ4v) is 2.23. The van der Waals surface area contributed by atoms with Crippen LogP contribution in [0.3, 0.4) is 0 Å². The molecular formula is C14H25N3OS. The fraction of sp³-hybridized carbons (Fsp3) is 0.643. The van der Waals surface area contributed by atoms with Gasteiger partial charge < -0.3 is 15.8 Å². The second-order valence-corrected chi connectivity index (χ2v) is 6.66.